The molecule has 0 spiro atoms. The molecule has 0 fully saturated rings. The molecular formula is C15H14ClNO3. The third kappa shape index (κ3) is 2.34. The first-order chi connectivity index (χ1) is 9.47. The summed E-state index contributed by atoms with van der Waals surface area (Å²) < 4.78 is 0. The van der Waals surface area contributed by atoms with Crippen LogP contribution in [0.25, 0.3) is 0 Å². The number of nitrogens with zero attached hydrogens (tertiary/aromatic N) is 1. The highest BCUT2D eigenvalue weighted by Crippen LogP contribution is 2.37. The molecule has 1 unspecified atom stereocenters. The lowest BCUT2D eigenvalue weighted by atomic mass is 9.97. The molecule has 1 atom stereocenters. The van der Waals surface area contributed by atoms with Gasteiger partial charge in [0.2, 0.25) is 0 Å². The van der Waals surface area contributed by atoms with Gasteiger partial charge >= 0.3 is 0 Å². The van der Waals surface area contributed by atoms with E-state index in [4.69, 9.17) is 11.6 Å². The number of carbonyl (C=O) groups excluding carboxylic acids is 2. The Morgan fingerprint density at radius 1 is 1.45 bits per heavy atom. The predicted molar refractivity (Wildman–Crippen MR) is 76.4 cm³/mol. The van der Waals surface area contributed by atoms with Crippen LogP contribution in [0.15, 0.2) is 48.3 Å². The normalized spacial score (nSPS) is 18.6. The Morgan fingerprint density at radius 2 is 2.05 bits per heavy atom. The number of benzene rings is 1. The fraction of sp³-hybridized carbons (Fsp3) is 0.200. The van der Waals surface area contributed by atoms with E-state index in [2.05, 4.69) is 6.58 Å². The molecule has 0 aliphatic carbocycles. The molecule has 0 saturated heterocycles. The Labute approximate surface area is 122 Å². The molecule has 4 nitrogen and oxygen atoms in total. The molecule has 1 aromatic carbocycles. The summed E-state index contributed by atoms with van der Waals surface area (Å²) >= 11 is 5.85. The number of ketones is 1. The quantitative estimate of drug-likeness (QED) is 0.868. The van der Waals surface area contributed by atoms with Crippen molar-refractivity contribution in [2.24, 2.45) is 0 Å². The molecular weight excluding hydrogens is 278 g/mol. The van der Waals surface area contributed by atoms with E-state index < -0.39 is 17.7 Å². The first kappa shape index (κ1) is 14.3. The van der Waals surface area contributed by atoms with Gasteiger partial charge in [-0.3, -0.25) is 9.59 Å². The molecule has 0 saturated carbocycles. The van der Waals surface area contributed by atoms with Crippen LogP contribution in [-0.2, 0) is 9.59 Å². The minimum atomic E-state index is -0.602. The molecule has 0 bridgehead atoms. The van der Waals surface area contributed by atoms with Gasteiger partial charge in [-0.2, -0.15) is 0 Å². The Bertz CT molecular complexity index is 604. The number of Topliss-reactive ketones (excluding diaryl/α,β-unsaturated/α-hetero) is 1. The number of aliphatic hydroxyl groups is 1. The Hall–Kier alpha value is -2.07. The maximum atomic E-state index is 12.1. The highest BCUT2D eigenvalue weighted by atomic mass is 35.5. The van der Waals surface area contributed by atoms with Gasteiger partial charge in [0, 0.05) is 11.6 Å². The lowest BCUT2D eigenvalue weighted by Crippen LogP contribution is -2.31. The molecule has 20 heavy (non-hydrogen) atoms. The van der Waals surface area contributed by atoms with Crippen LogP contribution >= 0.6 is 11.6 Å². The zero-order chi connectivity index (χ0) is 14.9. The predicted octanol–water partition coefficient (Wildman–Crippen LogP) is 2.81. The average Bonchev–Trinajstić information content (AvgIpc) is 2.65. The molecule has 2 rings (SSSR count). The minimum Gasteiger partial charge on any atom is -0.503 e. The zero-order valence-corrected chi connectivity index (χ0v) is 11.7. The zero-order valence-electron chi connectivity index (χ0n) is 11.0. The SMILES string of the molecule is C=CCN1C(=O)C(O)=C(C(C)=O)C1c1ccc(Cl)cc1. The number of hydrogen-bond acceptors (Lipinski definition) is 3. The van der Waals surface area contributed by atoms with Crippen LogP contribution < -0.4 is 0 Å². The summed E-state index contributed by atoms with van der Waals surface area (Å²) in [4.78, 5) is 25.2. The van der Waals surface area contributed by atoms with Crippen LogP contribution in [0.2, 0.25) is 5.02 Å². The van der Waals surface area contributed by atoms with E-state index >= 15 is 0 Å². The van der Waals surface area contributed by atoms with Gasteiger partial charge < -0.3 is 10.0 Å². The lowest BCUT2D eigenvalue weighted by molar-refractivity contribution is -0.128. The van der Waals surface area contributed by atoms with Crippen LogP contribution in [0.3, 0.4) is 0 Å². The van der Waals surface area contributed by atoms with Crippen molar-refractivity contribution < 1.29 is 14.7 Å². The monoisotopic (exact) mass is 291 g/mol. The van der Waals surface area contributed by atoms with Gasteiger partial charge in [0.1, 0.15) is 0 Å². The summed E-state index contributed by atoms with van der Waals surface area (Å²) in [6.07, 6.45) is 1.55. The maximum absolute atomic E-state index is 12.1. The standard InChI is InChI=1S/C15H14ClNO3/c1-3-8-17-13(10-4-6-11(16)7-5-10)12(9(2)18)14(19)15(17)20/h3-7,13,19H,1,8H2,2H3. The molecule has 1 aliphatic heterocycles. The third-order valence-corrected chi connectivity index (χ3v) is 3.45. The van der Waals surface area contributed by atoms with Crippen molar-refractivity contribution in [3.05, 3.63) is 58.8 Å². The number of amides is 1. The molecule has 1 amide bonds. The number of carbonyl (C=O) groups is 2. The number of aliphatic hydroxyl groups excluding tert-OH is 1. The van der Waals surface area contributed by atoms with Crippen molar-refractivity contribution in [3.8, 4) is 0 Å². The van der Waals surface area contributed by atoms with E-state index in [0.717, 1.165) is 5.56 Å². The van der Waals surface area contributed by atoms with E-state index in [1.54, 1.807) is 30.3 Å². The second kappa shape index (κ2) is 5.51. The molecule has 1 N–H and O–H groups in total. The molecule has 104 valence electrons. The summed E-state index contributed by atoms with van der Waals surface area (Å²) in [6.45, 7) is 5.17. The summed E-state index contributed by atoms with van der Waals surface area (Å²) in [6, 6.07) is 6.23. The second-order valence-corrected chi connectivity index (χ2v) is 4.96. The van der Waals surface area contributed by atoms with Crippen molar-refractivity contribution in [1.82, 2.24) is 4.90 Å². The van der Waals surface area contributed by atoms with E-state index in [9.17, 15) is 14.7 Å². The Balaban J connectivity index is 2.54. The van der Waals surface area contributed by atoms with Crippen LogP contribution in [-0.4, -0.2) is 28.2 Å². The van der Waals surface area contributed by atoms with Gasteiger partial charge in [-0.05, 0) is 24.6 Å². The first-order valence-corrected chi connectivity index (χ1v) is 6.46. The van der Waals surface area contributed by atoms with Gasteiger partial charge in [-0.1, -0.05) is 29.8 Å². The van der Waals surface area contributed by atoms with Gasteiger partial charge in [-0.15, -0.1) is 6.58 Å². The van der Waals surface area contributed by atoms with E-state index in [1.165, 1.54) is 11.8 Å². The van der Waals surface area contributed by atoms with Crippen LogP contribution in [0.5, 0.6) is 0 Å². The largest absolute Gasteiger partial charge is 0.503 e. The molecule has 1 aromatic rings. The highest BCUT2D eigenvalue weighted by molar-refractivity contribution is 6.30. The summed E-state index contributed by atoms with van der Waals surface area (Å²) in [5.41, 5.74) is 0.832. The van der Waals surface area contributed by atoms with Crippen molar-refractivity contribution in [2.75, 3.05) is 6.54 Å². The molecule has 0 radical (unpaired) electrons. The van der Waals surface area contributed by atoms with Gasteiger partial charge in [0.05, 0.1) is 11.6 Å². The van der Waals surface area contributed by atoms with Crippen molar-refractivity contribution in [2.45, 2.75) is 13.0 Å². The minimum absolute atomic E-state index is 0.110. The van der Waals surface area contributed by atoms with Crippen LogP contribution in [0.4, 0.5) is 0 Å². The molecule has 5 heteroatoms. The fourth-order valence-electron chi connectivity index (χ4n) is 2.33. The second-order valence-electron chi connectivity index (χ2n) is 4.52. The molecule has 1 heterocycles. The smallest absolute Gasteiger partial charge is 0.290 e. The van der Waals surface area contributed by atoms with Gasteiger partial charge in [0.15, 0.2) is 11.5 Å². The lowest BCUT2D eigenvalue weighted by Gasteiger charge is -2.25. The third-order valence-electron chi connectivity index (χ3n) is 3.19. The topological polar surface area (TPSA) is 57.6 Å². The summed E-state index contributed by atoms with van der Waals surface area (Å²) in [7, 11) is 0. The number of hydrogen-bond donors (Lipinski definition) is 1. The fourth-order valence-corrected chi connectivity index (χ4v) is 2.46. The first-order valence-electron chi connectivity index (χ1n) is 6.08. The summed E-state index contributed by atoms with van der Waals surface area (Å²) in [5.74, 6) is -1.38. The van der Waals surface area contributed by atoms with Gasteiger partial charge in [0.25, 0.3) is 5.91 Å². The number of halogens is 1. The molecule has 1 aliphatic rings. The maximum Gasteiger partial charge on any atom is 0.290 e. The van der Waals surface area contributed by atoms with E-state index in [1.807, 2.05) is 0 Å². The van der Waals surface area contributed by atoms with Crippen LogP contribution in [0.1, 0.15) is 18.5 Å². The van der Waals surface area contributed by atoms with Crippen molar-refractivity contribution in [3.63, 3.8) is 0 Å². The highest BCUT2D eigenvalue weighted by Gasteiger charge is 2.41. The molecule has 0 aromatic heterocycles. The Kier molecular flexibility index (Phi) is 3.95. The van der Waals surface area contributed by atoms with Crippen molar-refractivity contribution >= 4 is 23.3 Å². The Morgan fingerprint density at radius 3 is 2.55 bits per heavy atom. The van der Waals surface area contributed by atoms with Crippen molar-refractivity contribution in [1.29, 1.82) is 0 Å². The average molecular weight is 292 g/mol. The van der Waals surface area contributed by atoms with E-state index in [-0.39, 0.29) is 17.9 Å². The van der Waals surface area contributed by atoms with Crippen LogP contribution in [0, 0.1) is 0 Å². The summed E-state index contributed by atoms with van der Waals surface area (Å²) in [5, 5.41) is 10.5. The van der Waals surface area contributed by atoms with Gasteiger partial charge in [-0.25, -0.2) is 0 Å². The van der Waals surface area contributed by atoms with E-state index in [0.29, 0.717) is 5.02 Å². The number of rotatable bonds is 4.